The predicted octanol–water partition coefficient (Wildman–Crippen LogP) is 3.71. The number of aliphatic imine (C=N–C) groups is 1. The van der Waals surface area contributed by atoms with Gasteiger partial charge in [-0.2, -0.15) is 11.3 Å². The third-order valence-corrected chi connectivity index (χ3v) is 4.00. The summed E-state index contributed by atoms with van der Waals surface area (Å²) in [4.78, 5) is 6.81. The second-order valence-electron chi connectivity index (χ2n) is 5.14. The summed E-state index contributed by atoms with van der Waals surface area (Å²) in [5.74, 6) is 1.22. The van der Waals surface area contributed by atoms with Gasteiger partial charge in [-0.1, -0.05) is 12.1 Å². The van der Waals surface area contributed by atoms with Crippen molar-refractivity contribution < 1.29 is 5.11 Å². The van der Waals surface area contributed by atoms with E-state index in [1.165, 1.54) is 5.56 Å². The summed E-state index contributed by atoms with van der Waals surface area (Å²) in [6, 6.07) is 9.49. The van der Waals surface area contributed by atoms with Gasteiger partial charge in [0.05, 0.1) is 0 Å². The first kappa shape index (κ1) is 19.8. The molecule has 6 heteroatoms. The average molecular weight is 445 g/mol. The lowest BCUT2D eigenvalue weighted by Gasteiger charge is -2.21. The predicted molar refractivity (Wildman–Crippen MR) is 109 cm³/mol. The molecular weight excluding hydrogens is 421 g/mol. The molecule has 23 heavy (non-hydrogen) atoms. The number of nitrogens with one attached hydrogen (secondary N) is 1. The topological polar surface area (TPSA) is 47.9 Å². The number of halogens is 1. The molecule has 0 atom stereocenters. The molecule has 1 aromatic carbocycles. The molecule has 1 aromatic heterocycles. The Bertz CT molecular complexity index is 602. The van der Waals surface area contributed by atoms with Crippen molar-refractivity contribution in [3.05, 3.63) is 52.2 Å². The monoisotopic (exact) mass is 445 g/mol. The highest BCUT2D eigenvalue weighted by atomic mass is 127. The van der Waals surface area contributed by atoms with Crippen molar-refractivity contribution in [3.8, 4) is 5.75 Å². The normalized spacial score (nSPS) is 11.0. The zero-order chi connectivity index (χ0) is 15.8. The summed E-state index contributed by atoms with van der Waals surface area (Å²) in [6.45, 7) is 4.46. The first-order valence-electron chi connectivity index (χ1n) is 7.47. The molecule has 0 fully saturated rings. The molecule has 4 nitrogen and oxygen atoms in total. The van der Waals surface area contributed by atoms with E-state index in [-0.39, 0.29) is 24.0 Å². The molecule has 126 valence electrons. The fraction of sp³-hybridized carbons (Fsp3) is 0.353. The minimum Gasteiger partial charge on any atom is -0.508 e. The lowest BCUT2D eigenvalue weighted by Crippen LogP contribution is -2.38. The molecule has 0 bridgehead atoms. The zero-order valence-corrected chi connectivity index (χ0v) is 16.7. The Kier molecular flexibility index (Phi) is 9.01. The lowest BCUT2D eigenvalue weighted by molar-refractivity contribution is 0.474. The number of phenols is 1. The van der Waals surface area contributed by atoms with E-state index in [0.29, 0.717) is 12.3 Å². The number of rotatable bonds is 6. The smallest absolute Gasteiger partial charge is 0.193 e. The molecule has 0 radical (unpaired) electrons. The average Bonchev–Trinajstić information content (AvgIpc) is 2.99. The molecule has 2 aromatic rings. The Balaban J connectivity index is 0.00000264. The lowest BCUT2D eigenvalue weighted by atomic mass is 10.1. The molecule has 0 saturated carbocycles. The molecule has 0 spiro atoms. The van der Waals surface area contributed by atoms with Crippen LogP contribution in [0.15, 0.2) is 46.1 Å². The Hall–Kier alpha value is -1.28. The van der Waals surface area contributed by atoms with Crippen LogP contribution in [0.3, 0.4) is 0 Å². The quantitative estimate of drug-likeness (QED) is 0.405. The number of nitrogens with zero attached hydrogens (tertiary/aromatic N) is 2. The van der Waals surface area contributed by atoms with E-state index < -0.39 is 0 Å². The number of aromatic hydroxyl groups is 1. The minimum atomic E-state index is 0. The Morgan fingerprint density at radius 1 is 1.30 bits per heavy atom. The van der Waals surface area contributed by atoms with Crippen LogP contribution in [0.1, 0.15) is 18.1 Å². The third-order valence-electron chi connectivity index (χ3n) is 3.27. The number of guanidine groups is 1. The number of benzene rings is 1. The van der Waals surface area contributed by atoms with E-state index in [0.717, 1.165) is 31.0 Å². The molecule has 0 unspecified atom stereocenters. The second-order valence-corrected chi connectivity index (χ2v) is 5.92. The minimum absolute atomic E-state index is 0. The van der Waals surface area contributed by atoms with Gasteiger partial charge in [-0.15, -0.1) is 24.0 Å². The third kappa shape index (κ3) is 6.78. The molecule has 0 aliphatic rings. The van der Waals surface area contributed by atoms with E-state index in [2.05, 4.69) is 39.0 Å². The number of thiophene rings is 1. The van der Waals surface area contributed by atoms with Crippen LogP contribution in [0.4, 0.5) is 0 Å². The van der Waals surface area contributed by atoms with E-state index >= 15 is 0 Å². The van der Waals surface area contributed by atoms with Crippen molar-refractivity contribution in [2.24, 2.45) is 4.99 Å². The van der Waals surface area contributed by atoms with Crippen molar-refractivity contribution >= 4 is 41.3 Å². The summed E-state index contributed by atoms with van der Waals surface area (Å²) < 4.78 is 0. The van der Waals surface area contributed by atoms with Crippen LogP contribution in [-0.2, 0) is 13.0 Å². The summed E-state index contributed by atoms with van der Waals surface area (Å²) in [5.41, 5.74) is 2.39. The molecule has 0 aliphatic carbocycles. The fourth-order valence-corrected chi connectivity index (χ4v) is 2.86. The molecule has 0 amide bonds. The van der Waals surface area contributed by atoms with Gasteiger partial charge >= 0.3 is 0 Å². The maximum atomic E-state index is 9.48. The Labute approximate surface area is 159 Å². The molecule has 1 heterocycles. The first-order chi connectivity index (χ1) is 10.7. The summed E-state index contributed by atoms with van der Waals surface area (Å²) in [6.07, 6.45) is 0.815. The van der Waals surface area contributed by atoms with E-state index in [9.17, 15) is 5.11 Å². The van der Waals surface area contributed by atoms with Gasteiger partial charge < -0.3 is 15.3 Å². The number of phenolic OH excluding ortho intramolecular Hbond substituents is 1. The number of hydrogen-bond donors (Lipinski definition) is 2. The summed E-state index contributed by atoms with van der Waals surface area (Å²) in [5, 5.41) is 17.1. The van der Waals surface area contributed by atoms with Gasteiger partial charge in [-0.25, -0.2) is 0 Å². The van der Waals surface area contributed by atoms with Gasteiger partial charge in [0.15, 0.2) is 5.96 Å². The van der Waals surface area contributed by atoms with Crippen molar-refractivity contribution in [2.75, 3.05) is 20.1 Å². The summed E-state index contributed by atoms with van der Waals surface area (Å²) in [7, 11) is 2.05. The maximum Gasteiger partial charge on any atom is 0.193 e. The van der Waals surface area contributed by atoms with Crippen molar-refractivity contribution in [3.63, 3.8) is 0 Å². The second kappa shape index (κ2) is 10.5. The van der Waals surface area contributed by atoms with Gasteiger partial charge in [0.25, 0.3) is 0 Å². The van der Waals surface area contributed by atoms with Crippen LogP contribution in [-0.4, -0.2) is 36.1 Å². The Morgan fingerprint density at radius 2 is 2.13 bits per heavy atom. The van der Waals surface area contributed by atoms with Crippen LogP contribution in [0.2, 0.25) is 0 Å². The van der Waals surface area contributed by atoms with Crippen molar-refractivity contribution in [2.45, 2.75) is 19.9 Å². The SMILES string of the molecule is CCNC(=NCCc1cccc(O)c1)N(C)Cc1ccsc1.I. The van der Waals surface area contributed by atoms with Gasteiger partial charge in [0.2, 0.25) is 0 Å². The Morgan fingerprint density at radius 3 is 2.78 bits per heavy atom. The van der Waals surface area contributed by atoms with E-state index in [1.807, 2.05) is 19.2 Å². The van der Waals surface area contributed by atoms with Gasteiger partial charge in [-0.3, -0.25) is 4.99 Å². The molecule has 2 rings (SSSR count). The highest BCUT2D eigenvalue weighted by molar-refractivity contribution is 14.0. The summed E-state index contributed by atoms with van der Waals surface area (Å²) >= 11 is 1.71. The molecule has 0 saturated heterocycles. The van der Waals surface area contributed by atoms with Crippen LogP contribution in [0.25, 0.3) is 0 Å². The zero-order valence-electron chi connectivity index (χ0n) is 13.5. The van der Waals surface area contributed by atoms with Gasteiger partial charge in [0, 0.05) is 26.7 Å². The fourth-order valence-electron chi connectivity index (χ4n) is 2.20. The molecular formula is C17H24IN3OS. The van der Waals surface area contributed by atoms with Crippen molar-refractivity contribution in [1.82, 2.24) is 10.2 Å². The van der Waals surface area contributed by atoms with Crippen LogP contribution < -0.4 is 5.32 Å². The van der Waals surface area contributed by atoms with E-state index in [1.54, 1.807) is 23.5 Å². The number of hydrogen-bond acceptors (Lipinski definition) is 3. The maximum absolute atomic E-state index is 9.48. The standard InChI is InChI=1S/C17H23N3OS.HI/c1-3-18-17(20(2)12-15-8-10-22-13-15)19-9-7-14-5-4-6-16(21)11-14;/h4-6,8,10-11,13,21H,3,7,9,12H2,1-2H3,(H,18,19);1H. The van der Waals surface area contributed by atoms with Crippen molar-refractivity contribution in [1.29, 1.82) is 0 Å². The highest BCUT2D eigenvalue weighted by Crippen LogP contribution is 2.11. The van der Waals surface area contributed by atoms with Crippen LogP contribution in [0, 0.1) is 0 Å². The van der Waals surface area contributed by atoms with Gasteiger partial charge in [0.1, 0.15) is 5.75 Å². The molecule has 0 aliphatic heterocycles. The largest absolute Gasteiger partial charge is 0.508 e. The molecule has 2 N–H and O–H groups in total. The van der Waals surface area contributed by atoms with E-state index in [4.69, 9.17) is 0 Å². The highest BCUT2D eigenvalue weighted by Gasteiger charge is 2.06. The first-order valence-corrected chi connectivity index (χ1v) is 8.41. The van der Waals surface area contributed by atoms with Crippen LogP contribution in [0.5, 0.6) is 5.75 Å². The van der Waals surface area contributed by atoms with Gasteiger partial charge in [-0.05, 0) is 53.4 Å². The van der Waals surface area contributed by atoms with Crippen LogP contribution >= 0.6 is 35.3 Å².